The molecule has 1 atom stereocenters. The van der Waals surface area contributed by atoms with Crippen LogP contribution in [-0.2, 0) is 25.5 Å². The van der Waals surface area contributed by atoms with Crippen LogP contribution in [0.5, 0.6) is 0 Å². The third-order valence-electron chi connectivity index (χ3n) is 2.39. The van der Waals surface area contributed by atoms with Crippen LogP contribution < -0.4 is 5.32 Å². The number of amides is 1. The van der Waals surface area contributed by atoms with Crippen molar-refractivity contribution in [2.24, 2.45) is 0 Å². The van der Waals surface area contributed by atoms with Crippen molar-refractivity contribution in [2.75, 3.05) is 6.61 Å². The molecule has 0 saturated heterocycles. The van der Waals surface area contributed by atoms with E-state index < -0.39 is 30.5 Å². The number of carbonyl (C=O) groups excluding carboxylic acids is 2. The minimum Gasteiger partial charge on any atom is -0.480 e. The molecule has 0 aliphatic heterocycles. The summed E-state index contributed by atoms with van der Waals surface area (Å²) in [6.07, 6.45) is 0.147. The first-order valence-corrected chi connectivity index (χ1v) is 6.57. The van der Waals surface area contributed by atoms with Crippen LogP contribution in [0.15, 0.2) is 28.7 Å². The predicted octanol–water partition coefficient (Wildman–Crippen LogP) is 1.12. The van der Waals surface area contributed by atoms with E-state index >= 15 is 0 Å². The fourth-order valence-corrected chi connectivity index (χ4v) is 1.72. The standard InChI is InChI=1S/C13H14BrNO5/c1-8(16)20-7-12(17)15-11(13(18)19)6-9-2-4-10(14)5-3-9/h2-5,11H,6-7H2,1H3,(H,15,17)(H,18,19)/t11-/m1/s1. The molecule has 0 bridgehead atoms. The summed E-state index contributed by atoms with van der Waals surface area (Å²) in [7, 11) is 0. The average molecular weight is 344 g/mol. The van der Waals surface area contributed by atoms with E-state index in [1.165, 1.54) is 6.92 Å². The molecule has 6 nitrogen and oxygen atoms in total. The van der Waals surface area contributed by atoms with Crippen LogP contribution in [0.25, 0.3) is 0 Å². The molecule has 0 aliphatic carbocycles. The Bertz CT molecular complexity index is 500. The van der Waals surface area contributed by atoms with Gasteiger partial charge in [-0.3, -0.25) is 9.59 Å². The van der Waals surface area contributed by atoms with Crippen molar-refractivity contribution in [3.8, 4) is 0 Å². The fraction of sp³-hybridized carbons (Fsp3) is 0.308. The number of esters is 1. The Labute approximate surface area is 124 Å². The van der Waals surface area contributed by atoms with Crippen LogP contribution in [0.4, 0.5) is 0 Å². The maximum Gasteiger partial charge on any atom is 0.326 e. The average Bonchev–Trinajstić information content (AvgIpc) is 2.38. The van der Waals surface area contributed by atoms with Gasteiger partial charge in [0.15, 0.2) is 6.61 Å². The zero-order valence-electron chi connectivity index (χ0n) is 10.8. The maximum absolute atomic E-state index is 11.4. The zero-order chi connectivity index (χ0) is 15.1. The lowest BCUT2D eigenvalue weighted by Gasteiger charge is -2.14. The second kappa shape index (κ2) is 7.64. The van der Waals surface area contributed by atoms with Crippen molar-refractivity contribution in [3.63, 3.8) is 0 Å². The smallest absolute Gasteiger partial charge is 0.326 e. The molecule has 20 heavy (non-hydrogen) atoms. The first-order chi connectivity index (χ1) is 9.38. The van der Waals surface area contributed by atoms with Gasteiger partial charge < -0.3 is 15.2 Å². The van der Waals surface area contributed by atoms with Crippen molar-refractivity contribution < 1.29 is 24.2 Å². The van der Waals surface area contributed by atoms with E-state index in [-0.39, 0.29) is 6.42 Å². The van der Waals surface area contributed by atoms with Gasteiger partial charge in [0.25, 0.3) is 5.91 Å². The summed E-state index contributed by atoms with van der Waals surface area (Å²) >= 11 is 3.28. The second-order valence-corrected chi connectivity index (χ2v) is 4.98. The quantitative estimate of drug-likeness (QED) is 0.755. The third kappa shape index (κ3) is 5.83. The van der Waals surface area contributed by atoms with E-state index in [1.807, 2.05) is 0 Å². The number of nitrogens with one attached hydrogen (secondary N) is 1. The number of carbonyl (C=O) groups is 3. The third-order valence-corrected chi connectivity index (χ3v) is 2.92. The summed E-state index contributed by atoms with van der Waals surface area (Å²) in [6, 6.07) is 6.03. The Morgan fingerprint density at radius 2 is 1.90 bits per heavy atom. The zero-order valence-corrected chi connectivity index (χ0v) is 12.3. The molecule has 0 unspecified atom stereocenters. The van der Waals surface area contributed by atoms with Crippen LogP contribution in [0.2, 0.25) is 0 Å². The number of benzene rings is 1. The molecule has 7 heteroatoms. The van der Waals surface area contributed by atoms with Gasteiger partial charge in [0, 0.05) is 17.8 Å². The van der Waals surface area contributed by atoms with E-state index in [1.54, 1.807) is 24.3 Å². The number of hydrogen-bond acceptors (Lipinski definition) is 4. The predicted molar refractivity (Wildman–Crippen MR) is 74.0 cm³/mol. The van der Waals surface area contributed by atoms with Crippen molar-refractivity contribution in [2.45, 2.75) is 19.4 Å². The Hall–Kier alpha value is -1.89. The molecule has 1 aromatic carbocycles. The molecule has 108 valence electrons. The summed E-state index contributed by atoms with van der Waals surface area (Å²) in [5.74, 6) is -2.39. The molecular formula is C13H14BrNO5. The van der Waals surface area contributed by atoms with Crippen molar-refractivity contribution in [1.29, 1.82) is 0 Å². The van der Waals surface area contributed by atoms with Crippen molar-refractivity contribution in [1.82, 2.24) is 5.32 Å². The lowest BCUT2D eigenvalue weighted by atomic mass is 10.1. The second-order valence-electron chi connectivity index (χ2n) is 4.07. The number of hydrogen-bond donors (Lipinski definition) is 2. The molecular weight excluding hydrogens is 330 g/mol. The van der Waals surface area contributed by atoms with Gasteiger partial charge in [-0.2, -0.15) is 0 Å². The lowest BCUT2D eigenvalue weighted by Crippen LogP contribution is -2.44. The van der Waals surface area contributed by atoms with Gasteiger partial charge in [0.2, 0.25) is 0 Å². The fourth-order valence-electron chi connectivity index (χ4n) is 1.46. The largest absolute Gasteiger partial charge is 0.480 e. The van der Waals surface area contributed by atoms with Crippen LogP contribution >= 0.6 is 15.9 Å². The highest BCUT2D eigenvalue weighted by molar-refractivity contribution is 9.10. The minimum absolute atomic E-state index is 0.147. The summed E-state index contributed by atoms with van der Waals surface area (Å²) < 4.78 is 5.38. The molecule has 0 spiro atoms. The van der Waals surface area contributed by atoms with Crippen LogP contribution in [-0.4, -0.2) is 35.6 Å². The SMILES string of the molecule is CC(=O)OCC(=O)N[C@H](Cc1ccc(Br)cc1)C(=O)O. The Kier molecular flexibility index (Phi) is 6.17. The van der Waals surface area contributed by atoms with Crippen LogP contribution in [0.3, 0.4) is 0 Å². The highest BCUT2D eigenvalue weighted by Crippen LogP contribution is 2.12. The molecule has 2 N–H and O–H groups in total. The topological polar surface area (TPSA) is 92.7 Å². The van der Waals surface area contributed by atoms with E-state index in [0.717, 1.165) is 10.0 Å². The summed E-state index contributed by atoms with van der Waals surface area (Å²) in [5, 5.41) is 11.4. The Balaban J connectivity index is 2.60. The lowest BCUT2D eigenvalue weighted by molar-refractivity contribution is -0.148. The van der Waals surface area contributed by atoms with E-state index in [4.69, 9.17) is 5.11 Å². The highest BCUT2D eigenvalue weighted by Gasteiger charge is 2.20. The van der Waals surface area contributed by atoms with Crippen LogP contribution in [0, 0.1) is 0 Å². The monoisotopic (exact) mass is 343 g/mol. The van der Waals surface area contributed by atoms with Gasteiger partial charge in [-0.25, -0.2) is 4.79 Å². The van der Waals surface area contributed by atoms with Gasteiger partial charge in [-0.1, -0.05) is 28.1 Å². The summed E-state index contributed by atoms with van der Waals surface area (Å²) in [4.78, 5) is 33.1. The Morgan fingerprint density at radius 1 is 1.30 bits per heavy atom. The molecule has 0 heterocycles. The van der Waals surface area contributed by atoms with E-state index in [9.17, 15) is 14.4 Å². The van der Waals surface area contributed by atoms with Crippen molar-refractivity contribution >= 4 is 33.8 Å². The van der Waals surface area contributed by atoms with Gasteiger partial charge in [-0.05, 0) is 17.7 Å². The van der Waals surface area contributed by atoms with Gasteiger partial charge >= 0.3 is 11.9 Å². The molecule has 0 saturated carbocycles. The minimum atomic E-state index is -1.15. The first-order valence-electron chi connectivity index (χ1n) is 5.78. The number of aliphatic carboxylic acids is 1. The molecule has 0 aliphatic rings. The Morgan fingerprint density at radius 3 is 2.40 bits per heavy atom. The number of ether oxygens (including phenoxy) is 1. The first kappa shape index (κ1) is 16.2. The van der Waals surface area contributed by atoms with E-state index in [0.29, 0.717) is 0 Å². The molecule has 1 amide bonds. The number of rotatable bonds is 6. The molecule has 0 aromatic heterocycles. The van der Waals surface area contributed by atoms with Crippen molar-refractivity contribution in [3.05, 3.63) is 34.3 Å². The number of halogens is 1. The van der Waals surface area contributed by atoms with Gasteiger partial charge in [0.05, 0.1) is 0 Å². The summed E-state index contributed by atoms with van der Waals surface area (Å²) in [6.45, 7) is 0.684. The number of carboxylic acids is 1. The number of carboxylic acid groups (broad SMARTS) is 1. The van der Waals surface area contributed by atoms with Gasteiger partial charge in [0.1, 0.15) is 6.04 Å². The highest BCUT2D eigenvalue weighted by atomic mass is 79.9. The van der Waals surface area contributed by atoms with Gasteiger partial charge in [-0.15, -0.1) is 0 Å². The maximum atomic E-state index is 11.4. The molecule has 1 rings (SSSR count). The normalized spacial score (nSPS) is 11.5. The van der Waals surface area contributed by atoms with Crippen LogP contribution in [0.1, 0.15) is 12.5 Å². The molecule has 0 fully saturated rings. The molecule has 0 radical (unpaired) electrons. The summed E-state index contributed by atoms with van der Waals surface area (Å²) in [5.41, 5.74) is 0.772. The molecule has 1 aromatic rings. The van der Waals surface area contributed by atoms with E-state index in [2.05, 4.69) is 26.0 Å².